The van der Waals surface area contributed by atoms with Gasteiger partial charge in [-0.3, -0.25) is 4.90 Å². The topological polar surface area (TPSA) is 24.5 Å². The molecule has 0 aromatic heterocycles. The Bertz CT molecular complexity index is 440. The molecule has 0 bridgehead atoms. The van der Waals surface area contributed by atoms with E-state index in [1.165, 1.54) is 12.0 Å². The molecule has 104 valence electrons. The second-order valence-corrected chi connectivity index (χ2v) is 6.41. The number of benzene rings is 1. The highest BCUT2D eigenvalue weighted by Gasteiger charge is 2.33. The quantitative estimate of drug-likeness (QED) is 0.883. The average Bonchev–Trinajstić information content (AvgIpc) is 2.76. The Hall–Kier alpha value is -1.06. The fraction of sp³-hybridized carbons (Fsp3) is 0.625. The summed E-state index contributed by atoms with van der Waals surface area (Å²) in [5.41, 5.74) is 1.73. The van der Waals surface area contributed by atoms with Crippen LogP contribution in [0.25, 0.3) is 0 Å². The lowest BCUT2D eigenvalue weighted by atomic mass is 9.88. The van der Waals surface area contributed by atoms with Crippen molar-refractivity contribution < 1.29 is 4.74 Å². The van der Waals surface area contributed by atoms with Gasteiger partial charge < -0.3 is 10.1 Å². The first-order valence-corrected chi connectivity index (χ1v) is 7.32. The highest BCUT2D eigenvalue weighted by Crippen LogP contribution is 2.30. The molecule has 0 amide bonds. The van der Waals surface area contributed by atoms with Gasteiger partial charge in [0, 0.05) is 31.2 Å². The van der Waals surface area contributed by atoms with E-state index >= 15 is 0 Å². The van der Waals surface area contributed by atoms with Gasteiger partial charge in [-0.1, -0.05) is 25.1 Å². The van der Waals surface area contributed by atoms with Gasteiger partial charge in [0.15, 0.2) is 0 Å². The fourth-order valence-electron chi connectivity index (χ4n) is 3.17. The van der Waals surface area contributed by atoms with E-state index in [0.717, 1.165) is 38.5 Å². The summed E-state index contributed by atoms with van der Waals surface area (Å²) in [7, 11) is 0. The third-order valence-electron chi connectivity index (χ3n) is 4.49. The monoisotopic (exact) mass is 260 g/mol. The van der Waals surface area contributed by atoms with Crippen molar-refractivity contribution in [3.8, 4) is 5.75 Å². The standard InChI is InChI=1S/C16H24N2O/c1-13-10-19-15-6-4-3-5-14(15)9-18(13)12-16(2)7-8-17-11-16/h3-6,13,17H,7-12H2,1-2H3. The Morgan fingerprint density at radius 3 is 3.05 bits per heavy atom. The molecule has 3 heteroatoms. The van der Waals surface area contributed by atoms with E-state index < -0.39 is 0 Å². The lowest BCUT2D eigenvalue weighted by Gasteiger charge is -2.34. The first kappa shape index (κ1) is 12.9. The van der Waals surface area contributed by atoms with Crippen LogP contribution in [0.4, 0.5) is 0 Å². The van der Waals surface area contributed by atoms with E-state index in [4.69, 9.17) is 4.74 Å². The minimum Gasteiger partial charge on any atom is -0.492 e. The van der Waals surface area contributed by atoms with Crippen molar-refractivity contribution in [2.45, 2.75) is 32.9 Å². The van der Waals surface area contributed by atoms with Crippen molar-refractivity contribution in [2.24, 2.45) is 5.41 Å². The van der Waals surface area contributed by atoms with Crippen LogP contribution in [0.1, 0.15) is 25.8 Å². The third kappa shape index (κ3) is 2.77. The van der Waals surface area contributed by atoms with Crippen LogP contribution in [0, 0.1) is 5.41 Å². The van der Waals surface area contributed by atoms with Crippen molar-refractivity contribution in [1.82, 2.24) is 10.2 Å². The maximum atomic E-state index is 5.93. The van der Waals surface area contributed by atoms with Crippen LogP contribution in [-0.4, -0.2) is 37.2 Å². The molecule has 2 heterocycles. The SMILES string of the molecule is CC1COc2ccccc2CN1CC1(C)CCNC1. The van der Waals surface area contributed by atoms with E-state index in [0.29, 0.717) is 11.5 Å². The van der Waals surface area contributed by atoms with Crippen molar-refractivity contribution in [3.63, 3.8) is 0 Å². The molecule has 1 fully saturated rings. The second kappa shape index (κ2) is 5.14. The van der Waals surface area contributed by atoms with Gasteiger partial charge in [-0.25, -0.2) is 0 Å². The van der Waals surface area contributed by atoms with Crippen molar-refractivity contribution in [2.75, 3.05) is 26.2 Å². The molecule has 3 rings (SSSR count). The largest absolute Gasteiger partial charge is 0.492 e. The summed E-state index contributed by atoms with van der Waals surface area (Å²) >= 11 is 0. The van der Waals surface area contributed by atoms with Crippen molar-refractivity contribution in [1.29, 1.82) is 0 Å². The minimum atomic E-state index is 0.410. The Morgan fingerprint density at radius 1 is 1.42 bits per heavy atom. The predicted molar refractivity (Wildman–Crippen MR) is 77.4 cm³/mol. The number of ether oxygens (including phenoxy) is 1. The highest BCUT2D eigenvalue weighted by atomic mass is 16.5. The maximum Gasteiger partial charge on any atom is 0.123 e. The van der Waals surface area contributed by atoms with Gasteiger partial charge in [0.1, 0.15) is 12.4 Å². The molecule has 1 aromatic rings. The summed E-state index contributed by atoms with van der Waals surface area (Å²) in [6.07, 6.45) is 1.28. The van der Waals surface area contributed by atoms with Crippen LogP contribution in [0.3, 0.4) is 0 Å². The molecule has 0 aliphatic carbocycles. The first-order valence-electron chi connectivity index (χ1n) is 7.32. The summed E-state index contributed by atoms with van der Waals surface area (Å²) in [4.78, 5) is 2.58. The second-order valence-electron chi connectivity index (χ2n) is 6.41. The molecule has 3 nitrogen and oxygen atoms in total. The summed E-state index contributed by atoms with van der Waals surface area (Å²) in [6.45, 7) is 9.92. The van der Waals surface area contributed by atoms with E-state index in [2.05, 4.69) is 48.3 Å². The summed E-state index contributed by atoms with van der Waals surface area (Å²) in [5.74, 6) is 1.06. The molecule has 0 radical (unpaired) electrons. The zero-order valence-corrected chi connectivity index (χ0v) is 12.0. The number of hydrogen-bond acceptors (Lipinski definition) is 3. The van der Waals surface area contributed by atoms with E-state index in [1.807, 2.05) is 0 Å². The van der Waals surface area contributed by atoms with Crippen molar-refractivity contribution in [3.05, 3.63) is 29.8 Å². The molecular weight excluding hydrogens is 236 g/mol. The molecule has 1 N–H and O–H groups in total. The maximum absolute atomic E-state index is 5.93. The van der Waals surface area contributed by atoms with Gasteiger partial charge >= 0.3 is 0 Å². The third-order valence-corrected chi connectivity index (χ3v) is 4.49. The highest BCUT2D eigenvalue weighted by molar-refractivity contribution is 5.34. The number of para-hydroxylation sites is 1. The fourth-order valence-corrected chi connectivity index (χ4v) is 3.17. The molecule has 1 aromatic carbocycles. The van der Waals surface area contributed by atoms with Gasteiger partial charge in [0.2, 0.25) is 0 Å². The van der Waals surface area contributed by atoms with E-state index in [-0.39, 0.29) is 0 Å². The van der Waals surface area contributed by atoms with Crippen LogP contribution >= 0.6 is 0 Å². The summed E-state index contributed by atoms with van der Waals surface area (Å²) in [6, 6.07) is 8.92. The van der Waals surface area contributed by atoms with E-state index in [1.54, 1.807) is 0 Å². The molecule has 19 heavy (non-hydrogen) atoms. The lowest BCUT2D eigenvalue weighted by Crippen LogP contribution is -2.43. The zero-order valence-electron chi connectivity index (χ0n) is 12.0. The van der Waals surface area contributed by atoms with E-state index in [9.17, 15) is 0 Å². The molecular formula is C16H24N2O. The van der Waals surface area contributed by atoms with Gasteiger partial charge in [0.25, 0.3) is 0 Å². The Morgan fingerprint density at radius 2 is 2.26 bits per heavy atom. The van der Waals surface area contributed by atoms with Crippen LogP contribution in [0.2, 0.25) is 0 Å². The van der Waals surface area contributed by atoms with Gasteiger partial charge in [-0.2, -0.15) is 0 Å². The summed E-state index contributed by atoms with van der Waals surface area (Å²) < 4.78 is 5.93. The number of hydrogen-bond donors (Lipinski definition) is 1. The number of rotatable bonds is 2. The van der Waals surface area contributed by atoms with Crippen LogP contribution < -0.4 is 10.1 Å². The zero-order chi connectivity index (χ0) is 13.3. The molecule has 2 aliphatic heterocycles. The molecule has 2 unspecified atom stereocenters. The van der Waals surface area contributed by atoms with Gasteiger partial charge in [-0.15, -0.1) is 0 Å². The van der Waals surface area contributed by atoms with Crippen LogP contribution in [0.5, 0.6) is 5.75 Å². The minimum absolute atomic E-state index is 0.410. The Balaban J connectivity index is 1.77. The number of nitrogens with zero attached hydrogens (tertiary/aromatic N) is 1. The molecule has 0 saturated carbocycles. The number of nitrogens with one attached hydrogen (secondary N) is 1. The Kier molecular flexibility index (Phi) is 3.50. The Labute approximate surface area is 115 Å². The number of fused-ring (bicyclic) bond motifs is 1. The van der Waals surface area contributed by atoms with Crippen LogP contribution in [-0.2, 0) is 6.54 Å². The van der Waals surface area contributed by atoms with Gasteiger partial charge in [0.05, 0.1) is 0 Å². The smallest absolute Gasteiger partial charge is 0.123 e. The predicted octanol–water partition coefficient (Wildman–Crippen LogP) is 2.27. The lowest BCUT2D eigenvalue weighted by molar-refractivity contribution is 0.108. The summed E-state index contributed by atoms with van der Waals surface area (Å²) in [5, 5.41) is 3.49. The molecule has 0 spiro atoms. The molecule has 2 aliphatic rings. The normalized spacial score (nSPS) is 31.6. The average molecular weight is 260 g/mol. The molecule has 2 atom stereocenters. The first-order chi connectivity index (χ1) is 9.16. The van der Waals surface area contributed by atoms with Crippen LogP contribution in [0.15, 0.2) is 24.3 Å². The van der Waals surface area contributed by atoms with Crippen molar-refractivity contribution >= 4 is 0 Å². The molecule has 1 saturated heterocycles. The van der Waals surface area contributed by atoms with Gasteiger partial charge in [-0.05, 0) is 31.4 Å².